The van der Waals surface area contributed by atoms with Gasteiger partial charge in [-0.1, -0.05) is 0 Å². The van der Waals surface area contributed by atoms with Gasteiger partial charge in [0.15, 0.2) is 5.13 Å². The number of nitrogens with two attached hydrogens (primary N) is 1. The van der Waals surface area contributed by atoms with E-state index in [1.807, 2.05) is 0 Å². The lowest BCUT2D eigenvalue weighted by Gasteiger charge is -2.21. The summed E-state index contributed by atoms with van der Waals surface area (Å²) in [6.07, 6.45) is -1.47. The van der Waals surface area contributed by atoms with Gasteiger partial charge in [0.25, 0.3) is 0 Å². The van der Waals surface area contributed by atoms with Crippen molar-refractivity contribution in [1.82, 2.24) is 4.98 Å². The van der Waals surface area contributed by atoms with Crippen LogP contribution in [-0.2, 0) is 6.42 Å². The third-order valence-corrected chi connectivity index (χ3v) is 4.20. The van der Waals surface area contributed by atoms with Gasteiger partial charge in [-0.2, -0.15) is 13.2 Å². The smallest absolute Gasteiger partial charge is 0.339 e. The van der Waals surface area contributed by atoms with E-state index < -0.39 is 12.7 Å². The van der Waals surface area contributed by atoms with Gasteiger partial charge in [-0.3, -0.25) is 0 Å². The maximum Gasteiger partial charge on any atom is 0.406 e. The van der Waals surface area contributed by atoms with Crippen molar-refractivity contribution >= 4 is 16.5 Å². The van der Waals surface area contributed by atoms with Crippen LogP contribution in [0.3, 0.4) is 0 Å². The molecule has 0 amide bonds. The normalized spacial score (nSPS) is 19.7. The zero-order valence-electron chi connectivity index (χ0n) is 10.1. The summed E-state index contributed by atoms with van der Waals surface area (Å²) >= 11 is 1.35. The maximum absolute atomic E-state index is 12.4. The molecule has 1 unspecified atom stereocenters. The molecule has 1 aliphatic carbocycles. The molecule has 0 spiro atoms. The average Bonchev–Trinajstić information content (AvgIpc) is 2.70. The highest BCUT2D eigenvalue weighted by atomic mass is 32.1. The Kier molecular flexibility index (Phi) is 3.82. The minimum atomic E-state index is -4.20. The van der Waals surface area contributed by atoms with E-state index in [-0.39, 0.29) is 6.04 Å². The Morgan fingerprint density at radius 3 is 2.78 bits per heavy atom. The van der Waals surface area contributed by atoms with E-state index in [0.29, 0.717) is 11.7 Å². The summed E-state index contributed by atoms with van der Waals surface area (Å²) < 4.78 is 37.3. The zero-order chi connectivity index (χ0) is 13.3. The number of hydrogen-bond donors (Lipinski definition) is 1. The Morgan fingerprint density at radius 2 is 2.22 bits per heavy atom. The monoisotopic (exact) mass is 279 g/mol. The van der Waals surface area contributed by atoms with E-state index in [1.165, 1.54) is 16.2 Å². The van der Waals surface area contributed by atoms with E-state index in [1.54, 1.807) is 6.92 Å². The summed E-state index contributed by atoms with van der Waals surface area (Å²) in [5.41, 5.74) is 6.73. The van der Waals surface area contributed by atoms with Gasteiger partial charge < -0.3 is 10.6 Å². The number of rotatable bonds is 3. The van der Waals surface area contributed by atoms with E-state index in [9.17, 15) is 13.2 Å². The first-order chi connectivity index (χ1) is 8.40. The summed E-state index contributed by atoms with van der Waals surface area (Å²) in [7, 11) is 0. The Bertz CT molecular complexity index is 416. The van der Waals surface area contributed by atoms with Crippen molar-refractivity contribution < 1.29 is 13.2 Å². The highest BCUT2D eigenvalue weighted by molar-refractivity contribution is 7.15. The van der Waals surface area contributed by atoms with Crippen molar-refractivity contribution in [3.8, 4) is 0 Å². The quantitative estimate of drug-likeness (QED) is 0.925. The summed E-state index contributed by atoms with van der Waals surface area (Å²) in [5, 5.41) is 0.442. The second-order valence-corrected chi connectivity index (χ2v) is 5.50. The number of alkyl halides is 3. The molecular formula is C11H16F3N3S. The molecule has 18 heavy (non-hydrogen) atoms. The number of aryl methyl sites for hydroxylation is 1. The summed E-state index contributed by atoms with van der Waals surface area (Å²) in [6.45, 7) is 1.04. The third kappa shape index (κ3) is 2.95. The average molecular weight is 279 g/mol. The van der Waals surface area contributed by atoms with Crippen LogP contribution in [0.15, 0.2) is 0 Å². The molecule has 0 aliphatic heterocycles. The van der Waals surface area contributed by atoms with Crippen LogP contribution in [0.2, 0.25) is 0 Å². The van der Waals surface area contributed by atoms with Crippen LogP contribution in [0, 0.1) is 0 Å². The number of anilines is 1. The number of halogens is 3. The molecule has 0 fully saturated rings. The fraction of sp³-hybridized carbons (Fsp3) is 0.727. The van der Waals surface area contributed by atoms with Crippen molar-refractivity contribution in [3.63, 3.8) is 0 Å². The van der Waals surface area contributed by atoms with Crippen LogP contribution in [-0.4, -0.2) is 24.2 Å². The molecule has 7 heteroatoms. The lowest BCUT2D eigenvalue weighted by Crippen LogP contribution is -2.34. The molecule has 1 heterocycles. The van der Waals surface area contributed by atoms with Crippen molar-refractivity contribution in [3.05, 3.63) is 10.6 Å². The largest absolute Gasteiger partial charge is 0.406 e. The number of fused-ring (bicyclic) bond motifs is 1. The number of hydrogen-bond acceptors (Lipinski definition) is 4. The highest BCUT2D eigenvalue weighted by Crippen LogP contribution is 2.36. The van der Waals surface area contributed by atoms with Crippen LogP contribution >= 0.6 is 11.3 Å². The standard InChI is InChI=1S/C11H16F3N3S/c1-2-17(6-11(12,13)14)10-16-9-7(15)4-3-5-8(9)18-10/h7H,2-6,15H2,1H3. The molecule has 1 aromatic rings. The first-order valence-electron chi connectivity index (χ1n) is 5.97. The summed E-state index contributed by atoms with van der Waals surface area (Å²) in [5.74, 6) is 0. The van der Waals surface area contributed by atoms with Crippen LogP contribution in [0.1, 0.15) is 36.4 Å². The minimum Gasteiger partial charge on any atom is -0.339 e. The van der Waals surface area contributed by atoms with Crippen LogP contribution in [0.5, 0.6) is 0 Å². The van der Waals surface area contributed by atoms with E-state index in [4.69, 9.17) is 5.73 Å². The Labute approximate surface area is 108 Å². The topological polar surface area (TPSA) is 42.2 Å². The molecule has 1 aliphatic rings. The van der Waals surface area contributed by atoms with E-state index in [2.05, 4.69) is 4.98 Å². The molecule has 0 saturated carbocycles. The Balaban J connectivity index is 2.22. The number of thiazole rings is 1. The first-order valence-corrected chi connectivity index (χ1v) is 6.79. The second kappa shape index (κ2) is 5.05. The van der Waals surface area contributed by atoms with Crippen molar-refractivity contribution in [2.45, 2.75) is 38.4 Å². The van der Waals surface area contributed by atoms with Crippen molar-refractivity contribution in [2.75, 3.05) is 18.0 Å². The second-order valence-electron chi connectivity index (χ2n) is 4.43. The number of aromatic nitrogens is 1. The third-order valence-electron chi connectivity index (χ3n) is 3.01. The van der Waals surface area contributed by atoms with E-state index in [0.717, 1.165) is 29.8 Å². The molecule has 2 N–H and O–H groups in total. The van der Waals surface area contributed by atoms with Gasteiger partial charge in [0.1, 0.15) is 6.54 Å². The first kappa shape index (κ1) is 13.6. The molecule has 102 valence electrons. The molecule has 0 radical (unpaired) electrons. The number of nitrogens with zero attached hydrogens (tertiary/aromatic N) is 2. The van der Waals surface area contributed by atoms with E-state index >= 15 is 0 Å². The summed E-state index contributed by atoms with van der Waals surface area (Å²) in [4.78, 5) is 6.61. The predicted molar refractivity (Wildman–Crippen MR) is 65.9 cm³/mol. The molecule has 0 aromatic carbocycles. The lowest BCUT2D eigenvalue weighted by atomic mass is 9.99. The van der Waals surface area contributed by atoms with Gasteiger partial charge in [-0.25, -0.2) is 4.98 Å². The highest BCUT2D eigenvalue weighted by Gasteiger charge is 2.32. The van der Waals surface area contributed by atoms with Gasteiger partial charge in [-0.05, 0) is 26.2 Å². The Morgan fingerprint density at radius 1 is 1.50 bits per heavy atom. The fourth-order valence-corrected chi connectivity index (χ4v) is 3.34. The SMILES string of the molecule is CCN(CC(F)(F)F)c1nc2c(s1)CCCC2N. The summed E-state index contributed by atoms with van der Waals surface area (Å²) in [6, 6.07) is -0.122. The molecule has 0 saturated heterocycles. The zero-order valence-corrected chi connectivity index (χ0v) is 10.9. The van der Waals surface area contributed by atoms with Crippen LogP contribution < -0.4 is 10.6 Å². The van der Waals surface area contributed by atoms with Gasteiger partial charge in [-0.15, -0.1) is 11.3 Å². The molecule has 1 atom stereocenters. The van der Waals surface area contributed by atoms with Crippen LogP contribution in [0.25, 0.3) is 0 Å². The Hall–Kier alpha value is -0.820. The van der Waals surface area contributed by atoms with Gasteiger partial charge in [0, 0.05) is 17.5 Å². The molecule has 2 rings (SSSR count). The lowest BCUT2D eigenvalue weighted by molar-refractivity contribution is -0.119. The fourth-order valence-electron chi connectivity index (χ4n) is 2.11. The van der Waals surface area contributed by atoms with Crippen LogP contribution in [0.4, 0.5) is 18.3 Å². The molecular weight excluding hydrogens is 263 g/mol. The maximum atomic E-state index is 12.4. The van der Waals surface area contributed by atoms with Crippen molar-refractivity contribution in [2.24, 2.45) is 5.73 Å². The van der Waals surface area contributed by atoms with Gasteiger partial charge in [0.2, 0.25) is 0 Å². The molecule has 1 aromatic heterocycles. The van der Waals surface area contributed by atoms with Crippen molar-refractivity contribution in [1.29, 1.82) is 0 Å². The molecule has 0 bridgehead atoms. The predicted octanol–water partition coefficient (Wildman–Crippen LogP) is 2.87. The minimum absolute atomic E-state index is 0.122. The molecule has 3 nitrogen and oxygen atoms in total. The van der Waals surface area contributed by atoms with Gasteiger partial charge in [0.05, 0.1) is 5.69 Å². The van der Waals surface area contributed by atoms with Gasteiger partial charge >= 0.3 is 6.18 Å².